The van der Waals surface area contributed by atoms with Crippen LogP contribution in [0.2, 0.25) is 0 Å². The zero-order valence-electron chi connectivity index (χ0n) is 8.74. The van der Waals surface area contributed by atoms with Crippen LogP contribution in [-0.4, -0.2) is 35.7 Å². The molecule has 0 spiro atoms. The normalized spacial score (nSPS) is 14.5. The monoisotopic (exact) mass is 203 g/mol. The van der Waals surface area contributed by atoms with Crippen molar-refractivity contribution in [2.45, 2.75) is 39.3 Å². The lowest BCUT2D eigenvalue weighted by molar-refractivity contribution is -0.150. The number of carbonyl (C=O) groups excluding carboxylic acids is 1. The second-order valence-corrected chi connectivity index (χ2v) is 3.17. The molecular weight excluding hydrogens is 186 g/mol. The minimum absolute atomic E-state index is 0.0891. The lowest BCUT2D eigenvalue weighted by Gasteiger charge is -2.12. The number of carboxylic acid groups (broad SMARTS) is 1. The van der Waals surface area contributed by atoms with Gasteiger partial charge in [0, 0.05) is 6.04 Å². The summed E-state index contributed by atoms with van der Waals surface area (Å²) in [5, 5.41) is 11.1. The van der Waals surface area contributed by atoms with Crippen LogP contribution in [-0.2, 0) is 14.3 Å². The van der Waals surface area contributed by atoms with Gasteiger partial charge in [-0.25, -0.2) is 4.79 Å². The standard InChI is InChI=1S/C9H17NO4/c1-4-6(2)10-8(11)5-14-7(3)9(12)13/h6-7H,4-5H2,1-3H3,(H,10,11)(H,12,13)/t6?,7-/m0/s1. The van der Waals surface area contributed by atoms with Crippen LogP contribution in [0.1, 0.15) is 27.2 Å². The molecule has 0 fully saturated rings. The van der Waals surface area contributed by atoms with Crippen molar-refractivity contribution in [2.24, 2.45) is 0 Å². The molecule has 0 aliphatic carbocycles. The van der Waals surface area contributed by atoms with Crippen LogP contribution in [0.4, 0.5) is 0 Å². The maximum atomic E-state index is 11.1. The van der Waals surface area contributed by atoms with Gasteiger partial charge in [0.1, 0.15) is 6.61 Å². The van der Waals surface area contributed by atoms with Crippen LogP contribution in [0.5, 0.6) is 0 Å². The van der Waals surface area contributed by atoms with Gasteiger partial charge in [0.15, 0.2) is 6.10 Å². The number of hydrogen-bond donors (Lipinski definition) is 2. The molecule has 0 saturated heterocycles. The first-order valence-corrected chi connectivity index (χ1v) is 4.61. The zero-order chi connectivity index (χ0) is 11.1. The number of aliphatic carboxylic acids is 1. The fraction of sp³-hybridized carbons (Fsp3) is 0.778. The summed E-state index contributed by atoms with van der Waals surface area (Å²) in [6.07, 6.45) is -0.113. The Morgan fingerprint density at radius 2 is 2.00 bits per heavy atom. The Morgan fingerprint density at radius 1 is 1.43 bits per heavy atom. The molecule has 0 heterocycles. The summed E-state index contributed by atoms with van der Waals surface area (Å²) in [7, 11) is 0. The van der Waals surface area contributed by atoms with Gasteiger partial charge in [0.25, 0.3) is 0 Å². The van der Waals surface area contributed by atoms with Crippen molar-refractivity contribution in [3.05, 3.63) is 0 Å². The minimum atomic E-state index is -1.07. The average molecular weight is 203 g/mol. The largest absolute Gasteiger partial charge is 0.479 e. The van der Waals surface area contributed by atoms with Crippen LogP contribution >= 0.6 is 0 Å². The molecule has 1 amide bonds. The molecule has 0 aromatic rings. The first-order valence-electron chi connectivity index (χ1n) is 4.61. The molecule has 0 radical (unpaired) electrons. The van der Waals surface area contributed by atoms with Crippen molar-refractivity contribution >= 4 is 11.9 Å². The van der Waals surface area contributed by atoms with Gasteiger partial charge < -0.3 is 15.2 Å². The first-order chi connectivity index (χ1) is 6.47. The topological polar surface area (TPSA) is 75.6 Å². The molecule has 0 aliphatic rings. The summed E-state index contributed by atoms with van der Waals surface area (Å²) >= 11 is 0. The predicted molar refractivity (Wildman–Crippen MR) is 50.9 cm³/mol. The van der Waals surface area contributed by atoms with Crippen molar-refractivity contribution in [1.82, 2.24) is 5.32 Å². The van der Waals surface area contributed by atoms with Crippen molar-refractivity contribution in [3.8, 4) is 0 Å². The van der Waals surface area contributed by atoms with Gasteiger partial charge in [0.05, 0.1) is 0 Å². The molecule has 2 atom stereocenters. The summed E-state index contributed by atoms with van der Waals surface area (Å²) in [5.74, 6) is -1.35. The Balaban J connectivity index is 3.69. The van der Waals surface area contributed by atoms with Crippen molar-refractivity contribution < 1.29 is 19.4 Å². The molecule has 5 heteroatoms. The SMILES string of the molecule is CCC(C)NC(=O)CO[C@@H](C)C(=O)O. The molecule has 0 rings (SSSR count). The maximum absolute atomic E-state index is 11.1. The van der Waals surface area contributed by atoms with Gasteiger partial charge >= 0.3 is 5.97 Å². The Hall–Kier alpha value is -1.10. The van der Waals surface area contributed by atoms with E-state index < -0.39 is 12.1 Å². The predicted octanol–water partition coefficient (Wildman–Crippen LogP) is 0.391. The van der Waals surface area contributed by atoms with Gasteiger partial charge in [-0.05, 0) is 20.3 Å². The molecule has 5 nitrogen and oxygen atoms in total. The minimum Gasteiger partial charge on any atom is -0.479 e. The van der Waals surface area contributed by atoms with Crippen LogP contribution in [0, 0.1) is 0 Å². The highest BCUT2D eigenvalue weighted by Crippen LogP contribution is 1.92. The van der Waals surface area contributed by atoms with E-state index in [0.717, 1.165) is 6.42 Å². The highest BCUT2D eigenvalue weighted by atomic mass is 16.5. The molecule has 14 heavy (non-hydrogen) atoms. The second kappa shape index (κ2) is 6.37. The molecule has 0 bridgehead atoms. The van der Waals surface area contributed by atoms with Crippen molar-refractivity contribution in [1.29, 1.82) is 0 Å². The van der Waals surface area contributed by atoms with E-state index in [4.69, 9.17) is 9.84 Å². The second-order valence-electron chi connectivity index (χ2n) is 3.17. The van der Waals surface area contributed by atoms with Gasteiger partial charge in [-0.3, -0.25) is 4.79 Å². The van der Waals surface area contributed by atoms with E-state index in [1.165, 1.54) is 6.92 Å². The lowest BCUT2D eigenvalue weighted by atomic mass is 10.2. The number of carboxylic acids is 1. The van der Waals surface area contributed by atoms with Crippen molar-refractivity contribution in [2.75, 3.05) is 6.61 Å². The van der Waals surface area contributed by atoms with Gasteiger partial charge in [-0.2, -0.15) is 0 Å². The van der Waals surface area contributed by atoms with Crippen LogP contribution in [0.25, 0.3) is 0 Å². The van der Waals surface area contributed by atoms with E-state index >= 15 is 0 Å². The average Bonchev–Trinajstić information content (AvgIpc) is 2.13. The molecule has 1 unspecified atom stereocenters. The van der Waals surface area contributed by atoms with Crippen LogP contribution in [0.15, 0.2) is 0 Å². The third kappa shape index (κ3) is 5.53. The Bertz CT molecular complexity index is 205. The summed E-state index contributed by atoms with van der Waals surface area (Å²) in [4.78, 5) is 21.4. The van der Waals surface area contributed by atoms with Gasteiger partial charge in [-0.15, -0.1) is 0 Å². The summed E-state index contributed by atoms with van der Waals surface area (Å²) in [6, 6.07) is 0.0891. The highest BCUT2D eigenvalue weighted by molar-refractivity contribution is 5.78. The maximum Gasteiger partial charge on any atom is 0.332 e. The smallest absolute Gasteiger partial charge is 0.332 e. The molecule has 0 aliphatic heterocycles. The van der Waals surface area contributed by atoms with Gasteiger partial charge in [0.2, 0.25) is 5.91 Å². The third-order valence-electron chi connectivity index (χ3n) is 1.83. The Kier molecular flexibility index (Phi) is 5.87. The number of ether oxygens (including phenoxy) is 1. The number of nitrogens with one attached hydrogen (secondary N) is 1. The Morgan fingerprint density at radius 3 is 2.43 bits per heavy atom. The van der Waals surface area contributed by atoms with E-state index in [1.54, 1.807) is 0 Å². The lowest BCUT2D eigenvalue weighted by Crippen LogP contribution is -2.36. The molecule has 0 aromatic carbocycles. The van der Waals surface area contributed by atoms with Crippen LogP contribution < -0.4 is 5.32 Å². The number of hydrogen-bond acceptors (Lipinski definition) is 3. The fourth-order valence-corrected chi connectivity index (χ4v) is 0.691. The molecule has 0 saturated carbocycles. The number of rotatable bonds is 6. The fourth-order valence-electron chi connectivity index (χ4n) is 0.691. The van der Waals surface area contributed by atoms with E-state index in [2.05, 4.69) is 5.32 Å². The van der Waals surface area contributed by atoms with Crippen LogP contribution in [0.3, 0.4) is 0 Å². The molecular formula is C9H17NO4. The Labute approximate surface area is 83.4 Å². The molecule has 2 N–H and O–H groups in total. The summed E-state index contributed by atoms with van der Waals surface area (Å²) in [6.45, 7) is 5.00. The quantitative estimate of drug-likeness (QED) is 0.654. The zero-order valence-corrected chi connectivity index (χ0v) is 8.74. The highest BCUT2D eigenvalue weighted by Gasteiger charge is 2.13. The molecule has 0 aromatic heterocycles. The summed E-state index contributed by atoms with van der Waals surface area (Å²) < 4.78 is 4.80. The number of amides is 1. The van der Waals surface area contributed by atoms with E-state index in [1.807, 2.05) is 13.8 Å². The third-order valence-corrected chi connectivity index (χ3v) is 1.83. The van der Waals surface area contributed by atoms with Gasteiger partial charge in [-0.1, -0.05) is 6.92 Å². The van der Waals surface area contributed by atoms with E-state index in [0.29, 0.717) is 0 Å². The van der Waals surface area contributed by atoms with Crippen molar-refractivity contribution in [3.63, 3.8) is 0 Å². The summed E-state index contributed by atoms with van der Waals surface area (Å²) in [5.41, 5.74) is 0. The van der Waals surface area contributed by atoms with E-state index in [-0.39, 0.29) is 18.6 Å². The number of carbonyl (C=O) groups is 2. The first kappa shape index (κ1) is 12.9. The molecule has 82 valence electrons. The van der Waals surface area contributed by atoms with E-state index in [9.17, 15) is 9.59 Å².